The van der Waals surface area contributed by atoms with E-state index in [0.717, 1.165) is 31.8 Å². The summed E-state index contributed by atoms with van der Waals surface area (Å²) in [6.07, 6.45) is 3.82. The van der Waals surface area contributed by atoms with E-state index < -0.39 is 0 Å². The maximum absolute atomic E-state index is 5.92. The van der Waals surface area contributed by atoms with Gasteiger partial charge in [-0.05, 0) is 19.3 Å². The van der Waals surface area contributed by atoms with E-state index in [4.69, 9.17) is 22.1 Å². The molecule has 17 heavy (non-hydrogen) atoms. The van der Waals surface area contributed by atoms with Crippen LogP contribution in [-0.2, 0) is 4.74 Å². The molecule has 92 valence electrons. The molecule has 2 aliphatic rings. The molecule has 2 heterocycles. The van der Waals surface area contributed by atoms with Gasteiger partial charge in [0.05, 0.1) is 18.8 Å². The molecule has 1 saturated heterocycles. The first-order valence-electron chi connectivity index (χ1n) is 5.92. The quantitative estimate of drug-likeness (QED) is 0.769. The van der Waals surface area contributed by atoms with E-state index in [1.807, 2.05) is 0 Å². The van der Waals surface area contributed by atoms with E-state index >= 15 is 0 Å². The largest absolute Gasteiger partial charge is 0.374 e. The van der Waals surface area contributed by atoms with Crippen LogP contribution < -0.4 is 10.6 Å². The molecular formula is C11H15ClN4O. The summed E-state index contributed by atoms with van der Waals surface area (Å²) >= 11 is 5.92. The molecule has 3 rings (SSSR count). The monoisotopic (exact) mass is 254 g/mol. The molecule has 2 fully saturated rings. The highest BCUT2D eigenvalue weighted by molar-refractivity contribution is 6.29. The average Bonchev–Trinajstić information content (AvgIpc) is 2.75. The second-order valence-corrected chi connectivity index (χ2v) is 4.90. The van der Waals surface area contributed by atoms with Crippen molar-refractivity contribution in [2.75, 3.05) is 23.8 Å². The predicted octanol–water partition coefficient (Wildman–Crippen LogP) is 1.47. The fourth-order valence-corrected chi connectivity index (χ4v) is 2.96. The standard InChI is InChI=1S/C11H15ClN4O/c12-9-6-10(15-11(13)14-9)16-4-5-17-8-3-1-2-7(8)16/h6-8H,1-5H2,(H2,13,14,15). The zero-order valence-electron chi connectivity index (χ0n) is 9.47. The summed E-state index contributed by atoms with van der Waals surface area (Å²) in [6, 6.07) is 2.19. The van der Waals surface area contributed by atoms with Crippen LogP contribution in [0.2, 0.25) is 5.15 Å². The Morgan fingerprint density at radius 2 is 2.29 bits per heavy atom. The maximum Gasteiger partial charge on any atom is 0.223 e. The van der Waals surface area contributed by atoms with Gasteiger partial charge in [-0.25, -0.2) is 4.98 Å². The summed E-state index contributed by atoms with van der Waals surface area (Å²) in [5.74, 6) is 1.05. The molecule has 1 aromatic heterocycles. The summed E-state index contributed by atoms with van der Waals surface area (Å²) in [7, 11) is 0. The SMILES string of the molecule is Nc1nc(Cl)cc(N2CCOC3CCCC32)n1. The van der Waals surface area contributed by atoms with Crippen molar-refractivity contribution >= 4 is 23.4 Å². The number of nitrogens with two attached hydrogens (primary N) is 1. The van der Waals surface area contributed by atoms with Crippen LogP contribution in [0.4, 0.5) is 11.8 Å². The lowest BCUT2D eigenvalue weighted by Gasteiger charge is -2.38. The van der Waals surface area contributed by atoms with Gasteiger partial charge in [0, 0.05) is 12.6 Å². The zero-order chi connectivity index (χ0) is 11.8. The minimum absolute atomic E-state index is 0.230. The fraction of sp³-hybridized carbons (Fsp3) is 0.636. The average molecular weight is 255 g/mol. The highest BCUT2D eigenvalue weighted by atomic mass is 35.5. The third-order valence-corrected chi connectivity index (χ3v) is 3.67. The van der Waals surface area contributed by atoms with Crippen LogP contribution in [0.3, 0.4) is 0 Å². The first-order valence-corrected chi connectivity index (χ1v) is 6.30. The number of morpholine rings is 1. The number of nitrogens with zero attached hydrogens (tertiary/aromatic N) is 3. The topological polar surface area (TPSA) is 64.3 Å². The van der Waals surface area contributed by atoms with E-state index in [9.17, 15) is 0 Å². The number of fused-ring (bicyclic) bond motifs is 1. The highest BCUT2D eigenvalue weighted by Crippen LogP contribution is 2.32. The van der Waals surface area contributed by atoms with Gasteiger partial charge in [-0.3, -0.25) is 0 Å². The van der Waals surface area contributed by atoms with Crippen LogP contribution in [0, 0.1) is 0 Å². The Morgan fingerprint density at radius 3 is 3.12 bits per heavy atom. The Labute approximate surface area is 105 Å². The van der Waals surface area contributed by atoms with Crippen molar-refractivity contribution in [2.45, 2.75) is 31.4 Å². The first-order chi connectivity index (χ1) is 8.24. The zero-order valence-corrected chi connectivity index (χ0v) is 10.2. The lowest BCUT2D eigenvalue weighted by molar-refractivity contribution is 0.0253. The molecule has 1 saturated carbocycles. The summed E-state index contributed by atoms with van der Waals surface area (Å²) in [4.78, 5) is 10.4. The van der Waals surface area contributed by atoms with Crippen LogP contribution in [-0.4, -0.2) is 35.3 Å². The second-order valence-electron chi connectivity index (χ2n) is 4.51. The molecule has 1 aliphatic carbocycles. The molecule has 1 aliphatic heterocycles. The Balaban J connectivity index is 1.91. The highest BCUT2D eigenvalue weighted by Gasteiger charge is 2.36. The Bertz CT molecular complexity index is 408. The molecule has 2 unspecified atom stereocenters. The molecular weight excluding hydrogens is 240 g/mol. The maximum atomic E-state index is 5.92. The lowest BCUT2D eigenvalue weighted by Crippen LogP contribution is -2.49. The van der Waals surface area contributed by atoms with Crippen molar-refractivity contribution in [1.82, 2.24) is 9.97 Å². The van der Waals surface area contributed by atoms with E-state index in [1.54, 1.807) is 6.07 Å². The molecule has 2 atom stereocenters. The van der Waals surface area contributed by atoms with Gasteiger partial charge < -0.3 is 15.4 Å². The molecule has 1 aromatic rings. The summed E-state index contributed by atoms with van der Waals surface area (Å²) < 4.78 is 5.76. The summed E-state index contributed by atoms with van der Waals surface area (Å²) in [5, 5.41) is 0.397. The number of aromatic nitrogens is 2. The second kappa shape index (κ2) is 4.31. The fourth-order valence-electron chi connectivity index (χ4n) is 2.78. The Morgan fingerprint density at radius 1 is 1.41 bits per heavy atom. The van der Waals surface area contributed by atoms with Crippen LogP contribution in [0.15, 0.2) is 6.07 Å². The van der Waals surface area contributed by atoms with E-state index in [1.165, 1.54) is 6.42 Å². The van der Waals surface area contributed by atoms with E-state index in [-0.39, 0.29) is 5.95 Å². The number of nitrogen functional groups attached to an aromatic ring is 1. The van der Waals surface area contributed by atoms with Gasteiger partial charge in [-0.1, -0.05) is 11.6 Å². The van der Waals surface area contributed by atoms with Gasteiger partial charge in [0.15, 0.2) is 0 Å². The predicted molar refractivity (Wildman–Crippen MR) is 66.2 cm³/mol. The molecule has 0 spiro atoms. The normalized spacial score (nSPS) is 28.2. The molecule has 0 amide bonds. The van der Waals surface area contributed by atoms with Crippen molar-refractivity contribution in [2.24, 2.45) is 0 Å². The van der Waals surface area contributed by atoms with Gasteiger partial charge in [-0.2, -0.15) is 4.98 Å². The number of ether oxygens (including phenoxy) is 1. The van der Waals surface area contributed by atoms with Crippen LogP contribution in [0.5, 0.6) is 0 Å². The summed E-state index contributed by atoms with van der Waals surface area (Å²) in [6.45, 7) is 1.58. The van der Waals surface area contributed by atoms with Gasteiger partial charge in [0.25, 0.3) is 0 Å². The number of hydrogen-bond donors (Lipinski definition) is 1. The smallest absolute Gasteiger partial charge is 0.223 e. The van der Waals surface area contributed by atoms with Crippen molar-refractivity contribution < 1.29 is 4.74 Å². The Kier molecular flexibility index (Phi) is 2.80. The van der Waals surface area contributed by atoms with Gasteiger partial charge in [0.2, 0.25) is 5.95 Å². The number of hydrogen-bond acceptors (Lipinski definition) is 5. The van der Waals surface area contributed by atoms with Crippen molar-refractivity contribution in [1.29, 1.82) is 0 Å². The van der Waals surface area contributed by atoms with Crippen molar-refractivity contribution in [3.05, 3.63) is 11.2 Å². The minimum atomic E-state index is 0.230. The van der Waals surface area contributed by atoms with Gasteiger partial charge in [0.1, 0.15) is 11.0 Å². The lowest BCUT2D eigenvalue weighted by atomic mass is 10.1. The van der Waals surface area contributed by atoms with Crippen LogP contribution in [0.1, 0.15) is 19.3 Å². The third kappa shape index (κ3) is 2.05. The van der Waals surface area contributed by atoms with Crippen LogP contribution >= 0.6 is 11.6 Å². The molecule has 5 nitrogen and oxygen atoms in total. The van der Waals surface area contributed by atoms with Crippen molar-refractivity contribution in [3.8, 4) is 0 Å². The molecule has 0 radical (unpaired) electrons. The summed E-state index contributed by atoms with van der Waals surface area (Å²) in [5.41, 5.74) is 5.64. The molecule has 6 heteroatoms. The van der Waals surface area contributed by atoms with E-state index in [2.05, 4.69) is 14.9 Å². The molecule has 0 bridgehead atoms. The van der Waals surface area contributed by atoms with Gasteiger partial charge >= 0.3 is 0 Å². The first kappa shape index (κ1) is 11.0. The minimum Gasteiger partial charge on any atom is -0.374 e. The molecule has 0 aromatic carbocycles. The number of halogens is 1. The van der Waals surface area contributed by atoms with Crippen molar-refractivity contribution in [3.63, 3.8) is 0 Å². The molecule has 2 N–H and O–H groups in total. The Hall–Kier alpha value is -1.07. The third-order valence-electron chi connectivity index (χ3n) is 3.48. The number of anilines is 2. The number of rotatable bonds is 1. The van der Waals surface area contributed by atoms with Crippen LogP contribution in [0.25, 0.3) is 0 Å². The van der Waals surface area contributed by atoms with E-state index in [0.29, 0.717) is 17.3 Å². The van der Waals surface area contributed by atoms with Gasteiger partial charge in [-0.15, -0.1) is 0 Å².